The first-order valence-corrected chi connectivity index (χ1v) is 12.5. The number of hydrogen-bond donors (Lipinski definition) is 1. The molecule has 0 aliphatic carbocycles. The molecular formula is C27H32N8O5. The number of hydrogen-bond acceptors (Lipinski definition) is 10. The molecular weight excluding hydrogens is 516 g/mol. The van der Waals surface area contributed by atoms with Crippen molar-refractivity contribution >= 4 is 40.1 Å². The van der Waals surface area contributed by atoms with E-state index in [0.717, 1.165) is 11.0 Å². The van der Waals surface area contributed by atoms with Crippen molar-refractivity contribution in [2.45, 2.75) is 26.4 Å². The Hall–Kier alpha value is -4.94. The van der Waals surface area contributed by atoms with Crippen LogP contribution in [0.3, 0.4) is 0 Å². The molecule has 3 aromatic heterocycles. The van der Waals surface area contributed by atoms with Crippen LogP contribution in [-0.2, 0) is 4.74 Å². The Bertz CT molecular complexity index is 1530. The van der Waals surface area contributed by atoms with E-state index in [1.807, 2.05) is 29.0 Å². The van der Waals surface area contributed by atoms with Gasteiger partial charge in [-0.05, 0) is 45.0 Å². The van der Waals surface area contributed by atoms with Crippen LogP contribution in [-0.4, -0.2) is 75.3 Å². The number of rotatable bonds is 9. The molecule has 1 aromatic carbocycles. The highest BCUT2D eigenvalue weighted by Gasteiger charge is 2.24. The van der Waals surface area contributed by atoms with Gasteiger partial charge < -0.3 is 24.6 Å². The number of ether oxygens (including phenoxy) is 2. The Kier molecular flexibility index (Phi) is 8.03. The second kappa shape index (κ2) is 11.4. The minimum Gasteiger partial charge on any atom is -0.494 e. The number of carbonyl (C=O) groups excluding carboxylic acids is 1. The molecule has 0 saturated carbocycles. The average molecular weight is 549 g/mol. The molecule has 0 radical (unpaired) electrons. The zero-order valence-corrected chi connectivity index (χ0v) is 23.3. The van der Waals surface area contributed by atoms with Crippen molar-refractivity contribution in [3.8, 4) is 11.6 Å². The summed E-state index contributed by atoms with van der Waals surface area (Å²) in [6, 6.07) is 10.4. The number of nitro benzene ring substituents is 1. The van der Waals surface area contributed by atoms with Crippen LogP contribution in [0.4, 0.5) is 27.8 Å². The highest BCUT2D eigenvalue weighted by molar-refractivity contribution is 5.78. The predicted molar refractivity (Wildman–Crippen MR) is 152 cm³/mol. The molecule has 13 heteroatoms. The van der Waals surface area contributed by atoms with Gasteiger partial charge in [0.25, 0.3) is 5.69 Å². The van der Waals surface area contributed by atoms with Gasteiger partial charge >= 0.3 is 6.09 Å². The number of nitrogens with zero attached hydrogens (tertiary/aromatic N) is 7. The fourth-order valence-corrected chi connectivity index (χ4v) is 3.94. The molecule has 13 nitrogen and oxygen atoms in total. The molecule has 1 N–H and O–H groups in total. The quantitative estimate of drug-likeness (QED) is 0.229. The first-order valence-electron chi connectivity index (χ1n) is 12.5. The van der Waals surface area contributed by atoms with Gasteiger partial charge in [0.15, 0.2) is 0 Å². The molecule has 0 unspecified atom stereocenters. The molecule has 0 fully saturated rings. The van der Waals surface area contributed by atoms with E-state index in [2.05, 4.69) is 20.3 Å². The number of pyridine rings is 1. The van der Waals surface area contributed by atoms with Crippen molar-refractivity contribution in [2.75, 3.05) is 44.5 Å². The lowest BCUT2D eigenvalue weighted by Gasteiger charge is -2.27. The first-order chi connectivity index (χ1) is 19.0. The minimum absolute atomic E-state index is 0.150. The van der Waals surface area contributed by atoms with Gasteiger partial charge in [-0.25, -0.2) is 14.8 Å². The average Bonchev–Trinajstić information content (AvgIpc) is 3.34. The third kappa shape index (κ3) is 6.37. The number of likely N-dealkylation sites (N-methyl/N-ethyl adjacent to an activating group) is 2. The van der Waals surface area contributed by atoms with Gasteiger partial charge in [-0.3, -0.25) is 14.7 Å². The molecule has 0 bridgehead atoms. The number of anilines is 3. The number of amides is 1. The van der Waals surface area contributed by atoms with Crippen LogP contribution >= 0.6 is 0 Å². The third-order valence-electron chi connectivity index (χ3n) is 5.96. The highest BCUT2D eigenvalue weighted by atomic mass is 16.6. The van der Waals surface area contributed by atoms with Crippen molar-refractivity contribution in [3.05, 3.63) is 65.1 Å². The van der Waals surface area contributed by atoms with Gasteiger partial charge in [0.05, 0.1) is 17.7 Å². The van der Waals surface area contributed by atoms with Crippen LogP contribution in [0, 0.1) is 10.1 Å². The Morgan fingerprint density at radius 3 is 2.60 bits per heavy atom. The lowest BCUT2D eigenvalue weighted by molar-refractivity contribution is -0.384. The standard InChI is InChI=1S/C27H32N8O5/c1-27(2,3)40-26(36)33(5)15-14-32(4)20-17-22(39-6)19(16-21(20)35(37)38)30-25-29-12-9-23(31-25)34-13-10-18-8-7-11-28-24(18)34/h7-13,16-17H,14-15H2,1-6H3,(H,29,30,31). The number of nitrogens with one attached hydrogen (secondary N) is 1. The summed E-state index contributed by atoms with van der Waals surface area (Å²) in [5, 5.41) is 16.1. The molecule has 4 aromatic rings. The Labute approximate surface area is 231 Å². The van der Waals surface area contributed by atoms with Crippen molar-refractivity contribution in [1.29, 1.82) is 0 Å². The highest BCUT2D eigenvalue weighted by Crippen LogP contribution is 2.39. The Morgan fingerprint density at radius 1 is 1.12 bits per heavy atom. The van der Waals surface area contributed by atoms with E-state index in [0.29, 0.717) is 29.5 Å². The molecule has 40 heavy (non-hydrogen) atoms. The van der Waals surface area contributed by atoms with Gasteiger partial charge in [-0.15, -0.1) is 0 Å². The van der Waals surface area contributed by atoms with E-state index in [9.17, 15) is 14.9 Å². The number of methoxy groups -OCH3 is 1. The Morgan fingerprint density at radius 2 is 1.90 bits per heavy atom. The second-order valence-electron chi connectivity index (χ2n) is 10.1. The van der Waals surface area contributed by atoms with Crippen LogP contribution in [0.5, 0.6) is 5.75 Å². The molecule has 210 valence electrons. The van der Waals surface area contributed by atoms with Crippen LogP contribution < -0.4 is 15.0 Å². The van der Waals surface area contributed by atoms with Crippen LogP contribution in [0.2, 0.25) is 0 Å². The van der Waals surface area contributed by atoms with Gasteiger partial charge in [0.1, 0.15) is 28.5 Å². The van der Waals surface area contributed by atoms with E-state index >= 15 is 0 Å². The number of carbonyl (C=O) groups is 1. The largest absolute Gasteiger partial charge is 0.494 e. The lowest BCUT2D eigenvalue weighted by Crippen LogP contribution is -2.38. The smallest absolute Gasteiger partial charge is 0.410 e. The van der Waals surface area contributed by atoms with Crippen molar-refractivity contribution in [3.63, 3.8) is 0 Å². The van der Waals surface area contributed by atoms with Gasteiger partial charge in [0.2, 0.25) is 5.95 Å². The van der Waals surface area contributed by atoms with E-state index in [-0.39, 0.29) is 18.2 Å². The second-order valence-corrected chi connectivity index (χ2v) is 10.1. The van der Waals surface area contributed by atoms with Gasteiger partial charge in [-0.2, -0.15) is 4.98 Å². The van der Waals surface area contributed by atoms with Gasteiger partial charge in [0, 0.05) is 63.3 Å². The molecule has 0 saturated heterocycles. The third-order valence-corrected chi connectivity index (χ3v) is 5.96. The van der Waals surface area contributed by atoms with Crippen LogP contribution in [0.1, 0.15) is 20.8 Å². The zero-order chi connectivity index (χ0) is 29.0. The minimum atomic E-state index is -0.623. The summed E-state index contributed by atoms with van der Waals surface area (Å²) in [7, 11) is 4.80. The summed E-state index contributed by atoms with van der Waals surface area (Å²) in [4.78, 5) is 40.3. The number of fused-ring (bicyclic) bond motifs is 1. The number of aromatic nitrogens is 4. The number of nitro groups is 1. The monoisotopic (exact) mass is 548 g/mol. The summed E-state index contributed by atoms with van der Waals surface area (Å²) in [5.74, 6) is 1.16. The molecule has 1 amide bonds. The summed E-state index contributed by atoms with van der Waals surface area (Å²) in [6.45, 7) is 5.97. The lowest BCUT2D eigenvalue weighted by atomic mass is 10.2. The molecule has 4 rings (SSSR count). The van der Waals surface area contributed by atoms with E-state index < -0.39 is 16.6 Å². The zero-order valence-electron chi connectivity index (χ0n) is 23.3. The molecule has 0 aliphatic heterocycles. The number of benzene rings is 1. The topological polar surface area (TPSA) is 141 Å². The van der Waals surface area contributed by atoms with Crippen LogP contribution in [0.25, 0.3) is 16.9 Å². The van der Waals surface area contributed by atoms with Crippen LogP contribution in [0.15, 0.2) is 55.0 Å². The summed E-state index contributed by atoms with van der Waals surface area (Å²) < 4.78 is 12.8. The summed E-state index contributed by atoms with van der Waals surface area (Å²) in [6.07, 6.45) is 4.68. The van der Waals surface area contributed by atoms with Crippen molar-refractivity contribution < 1.29 is 19.2 Å². The predicted octanol–water partition coefficient (Wildman–Crippen LogP) is 4.78. The van der Waals surface area contributed by atoms with Crippen molar-refractivity contribution in [2.24, 2.45) is 0 Å². The fraction of sp³-hybridized carbons (Fsp3) is 0.333. The van der Waals surface area contributed by atoms with E-state index in [4.69, 9.17) is 9.47 Å². The maximum Gasteiger partial charge on any atom is 0.410 e. The Balaban J connectivity index is 1.57. The van der Waals surface area contributed by atoms with E-state index in [1.54, 1.807) is 64.3 Å². The van der Waals surface area contributed by atoms with Crippen molar-refractivity contribution in [1.82, 2.24) is 24.4 Å². The molecule has 3 heterocycles. The maximum atomic E-state index is 12.3. The maximum absolute atomic E-state index is 12.3. The molecule has 0 atom stereocenters. The van der Waals surface area contributed by atoms with E-state index in [1.165, 1.54) is 18.1 Å². The first kappa shape index (κ1) is 28.1. The molecule has 0 aliphatic rings. The molecule has 0 spiro atoms. The fourth-order valence-electron chi connectivity index (χ4n) is 3.94. The summed E-state index contributed by atoms with van der Waals surface area (Å²) in [5.41, 5.74) is 0.615. The summed E-state index contributed by atoms with van der Waals surface area (Å²) >= 11 is 0. The van der Waals surface area contributed by atoms with Gasteiger partial charge in [-0.1, -0.05) is 0 Å². The normalized spacial score (nSPS) is 11.2. The SMILES string of the molecule is COc1cc(N(C)CCN(C)C(=O)OC(C)(C)C)c([N+](=O)[O-])cc1Nc1nccc(-n2ccc3cccnc32)n1.